The number of aliphatic hydroxyl groups excluding tert-OH is 1. The maximum atomic E-state index is 13.0. The molecule has 1 aromatic heterocycles. The summed E-state index contributed by atoms with van der Waals surface area (Å²) in [4.78, 5) is 0. The summed E-state index contributed by atoms with van der Waals surface area (Å²) in [6.45, 7) is 0.0840. The van der Waals surface area contributed by atoms with Crippen LogP contribution in [0.2, 0.25) is 0 Å². The van der Waals surface area contributed by atoms with Gasteiger partial charge in [-0.2, -0.15) is 0 Å². The van der Waals surface area contributed by atoms with Gasteiger partial charge >= 0.3 is 0 Å². The van der Waals surface area contributed by atoms with E-state index in [1.165, 1.54) is 16.7 Å². The SMILES string of the molecule is OCC1(c2cscc2F)CC1. The molecule has 0 radical (unpaired) electrons. The lowest BCUT2D eigenvalue weighted by Crippen LogP contribution is -2.11. The Kier molecular flexibility index (Phi) is 1.51. The van der Waals surface area contributed by atoms with Crippen molar-refractivity contribution in [3.63, 3.8) is 0 Å². The molecule has 0 bridgehead atoms. The zero-order valence-electron chi connectivity index (χ0n) is 6.01. The summed E-state index contributed by atoms with van der Waals surface area (Å²) >= 11 is 1.36. The summed E-state index contributed by atoms with van der Waals surface area (Å²) in [5.41, 5.74) is 0.509. The highest BCUT2D eigenvalue weighted by Gasteiger charge is 2.45. The fraction of sp³-hybridized carbons (Fsp3) is 0.500. The third-order valence-corrected chi connectivity index (χ3v) is 3.06. The standard InChI is InChI=1S/C8H9FOS/c9-7-4-11-3-6(7)8(5-10)1-2-8/h3-4,10H,1-2,5H2. The fourth-order valence-electron chi connectivity index (χ4n) is 1.32. The molecule has 1 aliphatic carbocycles. The molecule has 2 rings (SSSR count). The summed E-state index contributed by atoms with van der Waals surface area (Å²) in [5, 5.41) is 12.3. The van der Waals surface area contributed by atoms with Crippen molar-refractivity contribution >= 4 is 11.3 Å². The van der Waals surface area contributed by atoms with Crippen LogP contribution in [0.25, 0.3) is 0 Å². The first-order valence-electron chi connectivity index (χ1n) is 3.61. The molecule has 3 heteroatoms. The molecule has 0 aromatic carbocycles. The van der Waals surface area contributed by atoms with Gasteiger partial charge in [0.2, 0.25) is 0 Å². The fourth-order valence-corrected chi connectivity index (χ4v) is 2.14. The van der Waals surface area contributed by atoms with Crippen LogP contribution in [0.5, 0.6) is 0 Å². The van der Waals surface area contributed by atoms with E-state index in [2.05, 4.69) is 0 Å². The Labute approximate surface area is 68.5 Å². The summed E-state index contributed by atoms with van der Waals surface area (Å²) in [6.07, 6.45) is 1.86. The molecule has 1 heterocycles. The van der Waals surface area contributed by atoms with Gasteiger partial charge in [0.25, 0.3) is 0 Å². The van der Waals surface area contributed by atoms with Crippen molar-refractivity contribution in [2.45, 2.75) is 18.3 Å². The molecule has 1 N–H and O–H groups in total. The van der Waals surface area contributed by atoms with Crippen molar-refractivity contribution in [3.05, 3.63) is 22.1 Å². The first-order chi connectivity index (χ1) is 5.28. The quantitative estimate of drug-likeness (QED) is 0.722. The molecule has 1 aromatic rings. The second-order valence-corrected chi connectivity index (χ2v) is 3.82. The van der Waals surface area contributed by atoms with Crippen molar-refractivity contribution in [1.29, 1.82) is 0 Å². The molecule has 0 aliphatic heterocycles. The number of rotatable bonds is 2. The first kappa shape index (κ1) is 7.25. The Balaban J connectivity index is 2.35. The molecule has 1 aliphatic rings. The van der Waals surface area contributed by atoms with Crippen molar-refractivity contribution in [2.75, 3.05) is 6.61 Å². The molecular formula is C8H9FOS. The predicted molar refractivity (Wildman–Crippen MR) is 42.3 cm³/mol. The van der Waals surface area contributed by atoms with Crippen molar-refractivity contribution in [3.8, 4) is 0 Å². The lowest BCUT2D eigenvalue weighted by atomic mass is 10.0. The lowest BCUT2D eigenvalue weighted by molar-refractivity contribution is 0.252. The number of hydrogen-bond acceptors (Lipinski definition) is 2. The Hall–Kier alpha value is -0.410. The van der Waals surface area contributed by atoms with Crippen LogP contribution in [0.3, 0.4) is 0 Å². The molecule has 1 fully saturated rings. The Bertz CT molecular complexity index is 265. The van der Waals surface area contributed by atoms with Gasteiger partial charge in [-0.3, -0.25) is 0 Å². The van der Waals surface area contributed by atoms with E-state index in [-0.39, 0.29) is 17.8 Å². The molecule has 0 atom stereocenters. The van der Waals surface area contributed by atoms with Gasteiger partial charge in [0.1, 0.15) is 5.82 Å². The van der Waals surface area contributed by atoms with E-state index >= 15 is 0 Å². The molecular weight excluding hydrogens is 163 g/mol. The number of halogens is 1. The zero-order valence-corrected chi connectivity index (χ0v) is 6.83. The molecule has 11 heavy (non-hydrogen) atoms. The maximum Gasteiger partial charge on any atom is 0.137 e. The summed E-state index contributed by atoms with van der Waals surface area (Å²) < 4.78 is 13.0. The normalized spacial score (nSPS) is 20.2. The third kappa shape index (κ3) is 0.993. The maximum absolute atomic E-state index is 13.0. The average molecular weight is 172 g/mol. The third-order valence-electron chi connectivity index (χ3n) is 2.34. The van der Waals surface area contributed by atoms with E-state index in [0.29, 0.717) is 5.56 Å². The van der Waals surface area contributed by atoms with Gasteiger partial charge in [-0.05, 0) is 18.2 Å². The second-order valence-electron chi connectivity index (χ2n) is 3.07. The Morgan fingerprint density at radius 2 is 2.27 bits per heavy atom. The molecule has 0 amide bonds. The van der Waals surface area contributed by atoms with Crippen molar-refractivity contribution < 1.29 is 9.50 Å². The highest BCUT2D eigenvalue weighted by atomic mass is 32.1. The van der Waals surface area contributed by atoms with Crippen molar-refractivity contribution in [2.24, 2.45) is 0 Å². The monoisotopic (exact) mass is 172 g/mol. The van der Waals surface area contributed by atoms with Crippen LogP contribution in [0.4, 0.5) is 4.39 Å². The van der Waals surface area contributed by atoms with Crippen LogP contribution in [-0.4, -0.2) is 11.7 Å². The summed E-state index contributed by atoms with van der Waals surface area (Å²) in [7, 11) is 0. The zero-order chi connectivity index (χ0) is 7.90. The van der Waals surface area contributed by atoms with Gasteiger partial charge in [-0.15, -0.1) is 11.3 Å². The number of aliphatic hydroxyl groups is 1. The van der Waals surface area contributed by atoms with E-state index in [1.807, 2.05) is 0 Å². The highest BCUT2D eigenvalue weighted by Crippen LogP contribution is 2.49. The Morgan fingerprint density at radius 3 is 2.64 bits per heavy atom. The minimum absolute atomic E-state index is 0.0840. The molecule has 0 saturated heterocycles. The molecule has 1 nitrogen and oxygen atoms in total. The van der Waals surface area contributed by atoms with E-state index < -0.39 is 0 Å². The Morgan fingerprint density at radius 1 is 1.55 bits per heavy atom. The number of hydrogen-bond donors (Lipinski definition) is 1. The van der Waals surface area contributed by atoms with Crippen LogP contribution in [0, 0.1) is 5.82 Å². The van der Waals surface area contributed by atoms with Gasteiger partial charge in [0, 0.05) is 16.4 Å². The minimum Gasteiger partial charge on any atom is -0.395 e. The van der Waals surface area contributed by atoms with Gasteiger partial charge in [0.15, 0.2) is 0 Å². The lowest BCUT2D eigenvalue weighted by Gasteiger charge is -2.08. The van der Waals surface area contributed by atoms with Crippen LogP contribution in [0.15, 0.2) is 10.8 Å². The van der Waals surface area contributed by atoms with E-state index in [9.17, 15) is 4.39 Å². The van der Waals surface area contributed by atoms with Gasteiger partial charge < -0.3 is 5.11 Å². The van der Waals surface area contributed by atoms with E-state index in [4.69, 9.17) is 5.11 Å². The first-order valence-corrected chi connectivity index (χ1v) is 4.56. The van der Waals surface area contributed by atoms with Crippen LogP contribution in [0.1, 0.15) is 18.4 Å². The topological polar surface area (TPSA) is 20.2 Å². The van der Waals surface area contributed by atoms with E-state index in [1.54, 1.807) is 5.38 Å². The van der Waals surface area contributed by atoms with Crippen LogP contribution >= 0.6 is 11.3 Å². The van der Waals surface area contributed by atoms with E-state index in [0.717, 1.165) is 12.8 Å². The van der Waals surface area contributed by atoms with Gasteiger partial charge in [-0.1, -0.05) is 0 Å². The predicted octanol–water partition coefficient (Wildman–Crippen LogP) is 1.91. The van der Waals surface area contributed by atoms with Crippen molar-refractivity contribution in [1.82, 2.24) is 0 Å². The van der Waals surface area contributed by atoms with Crippen LogP contribution in [-0.2, 0) is 5.41 Å². The van der Waals surface area contributed by atoms with Gasteiger partial charge in [-0.25, -0.2) is 4.39 Å². The average Bonchev–Trinajstić information content (AvgIpc) is 2.70. The molecule has 0 spiro atoms. The molecule has 1 saturated carbocycles. The number of thiophene rings is 1. The highest BCUT2D eigenvalue weighted by molar-refractivity contribution is 7.08. The summed E-state index contributed by atoms with van der Waals surface area (Å²) in [6, 6.07) is 0. The van der Waals surface area contributed by atoms with Gasteiger partial charge in [0.05, 0.1) is 6.61 Å². The molecule has 60 valence electrons. The smallest absolute Gasteiger partial charge is 0.137 e. The largest absolute Gasteiger partial charge is 0.395 e. The van der Waals surface area contributed by atoms with Crippen LogP contribution < -0.4 is 0 Å². The summed E-state index contributed by atoms with van der Waals surface area (Å²) in [5.74, 6) is -0.151. The second kappa shape index (κ2) is 2.29. The minimum atomic E-state index is -0.204. The molecule has 0 unspecified atom stereocenters.